The first kappa shape index (κ1) is 33.2. The number of aromatic nitrogens is 2. The van der Waals surface area contributed by atoms with Gasteiger partial charge in [-0.25, -0.2) is 28.1 Å². The van der Waals surface area contributed by atoms with Crippen LogP contribution in [0.25, 0.3) is 22.5 Å². The minimum Gasteiger partial charge on any atom is -0.497 e. The van der Waals surface area contributed by atoms with E-state index in [2.05, 4.69) is 4.98 Å². The average molecular weight is 689 g/mol. The number of nitrogens with one attached hydrogen (secondary N) is 1. The highest BCUT2D eigenvalue weighted by Gasteiger charge is 2.46. The third-order valence-electron chi connectivity index (χ3n) is 8.70. The predicted molar refractivity (Wildman–Crippen MR) is 189 cm³/mol. The van der Waals surface area contributed by atoms with Gasteiger partial charge in [-0.15, -0.1) is 0 Å². The molecule has 2 heterocycles. The van der Waals surface area contributed by atoms with Gasteiger partial charge in [0.1, 0.15) is 28.8 Å². The maximum Gasteiger partial charge on any atom is 0.193 e. The van der Waals surface area contributed by atoms with Crippen LogP contribution in [-0.2, 0) is 5.54 Å². The molecule has 0 spiro atoms. The van der Waals surface area contributed by atoms with Gasteiger partial charge in [0.15, 0.2) is 28.8 Å². The van der Waals surface area contributed by atoms with Crippen LogP contribution < -0.4 is 18.9 Å². The quantitative estimate of drug-likeness (QED) is 0.146. The number of halogens is 3. The molecule has 1 N–H and O–H groups in total. The number of nitrogens with zero attached hydrogens (tertiary/aromatic N) is 3. The van der Waals surface area contributed by atoms with Crippen LogP contribution >= 0.6 is 0 Å². The van der Waals surface area contributed by atoms with E-state index in [9.17, 15) is 4.39 Å². The summed E-state index contributed by atoms with van der Waals surface area (Å²) < 4.78 is 67.8. The van der Waals surface area contributed by atoms with Gasteiger partial charge in [0.05, 0.1) is 51.1 Å². The Morgan fingerprint density at radius 1 is 0.588 bits per heavy atom. The predicted octanol–water partition coefficient (Wildman–Crippen LogP) is 8.39. The third-order valence-corrected chi connectivity index (χ3v) is 8.70. The van der Waals surface area contributed by atoms with Crippen molar-refractivity contribution in [1.29, 1.82) is 0 Å². The van der Waals surface area contributed by atoms with Crippen LogP contribution in [-0.4, -0.2) is 50.0 Å². The Balaban J connectivity index is 1.55. The van der Waals surface area contributed by atoms with E-state index in [4.69, 9.17) is 33.9 Å². The summed E-state index contributed by atoms with van der Waals surface area (Å²) in [7, 11) is 6.23. The lowest BCUT2D eigenvalue weighted by Crippen LogP contribution is -2.34. The number of benzene rings is 5. The molecule has 7 rings (SSSR count). The van der Waals surface area contributed by atoms with Gasteiger partial charge in [0.2, 0.25) is 0 Å². The second kappa shape index (κ2) is 13.5. The van der Waals surface area contributed by atoms with E-state index in [1.54, 1.807) is 45.6 Å². The minimum absolute atomic E-state index is 0.0824. The number of methoxy groups -OCH3 is 4. The minimum atomic E-state index is -1.37. The molecule has 5 aromatic carbocycles. The van der Waals surface area contributed by atoms with Crippen LogP contribution in [0.3, 0.4) is 0 Å². The summed E-state index contributed by atoms with van der Waals surface area (Å²) in [6.07, 6.45) is 0. The monoisotopic (exact) mass is 688 g/mol. The molecular weight excluding hydrogens is 657 g/mol. The molecule has 51 heavy (non-hydrogen) atoms. The van der Waals surface area contributed by atoms with Gasteiger partial charge in [-0.3, -0.25) is 0 Å². The van der Waals surface area contributed by atoms with Crippen molar-refractivity contribution in [1.82, 2.24) is 9.97 Å². The van der Waals surface area contributed by atoms with E-state index >= 15 is 8.78 Å². The third kappa shape index (κ3) is 5.86. The summed E-state index contributed by atoms with van der Waals surface area (Å²) in [6, 6.07) is 30.7. The fourth-order valence-electron chi connectivity index (χ4n) is 6.23. The second-order valence-electron chi connectivity index (χ2n) is 11.6. The Bertz CT molecular complexity index is 2290. The number of hydrogen-bond acceptors (Lipinski definition) is 7. The van der Waals surface area contributed by atoms with Crippen LogP contribution in [0.1, 0.15) is 22.5 Å². The molecule has 0 bridgehead atoms. The number of ether oxygens (including phenoxy) is 4. The Morgan fingerprint density at radius 3 is 1.69 bits per heavy atom. The fraction of sp³-hybridized carbons (Fsp3) is 0.125. The van der Waals surface area contributed by atoms with E-state index in [1.165, 1.54) is 7.11 Å². The molecule has 0 radical (unpaired) electrons. The van der Waals surface area contributed by atoms with Gasteiger partial charge in [-0.2, -0.15) is 0 Å². The van der Waals surface area contributed by atoms with Crippen molar-refractivity contribution in [2.75, 3.05) is 28.4 Å². The molecule has 1 aliphatic heterocycles. The average Bonchev–Trinajstić information content (AvgIpc) is 3.80. The Morgan fingerprint density at radius 2 is 1.10 bits per heavy atom. The maximum absolute atomic E-state index is 15.5. The molecule has 0 saturated carbocycles. The summed E-state index contributed by atoms with van der Waals surface area (Å²) in [5.41, 5.74) is 1.14. The van der Waals surface area contributed by atoms with Crippen molar-refractivity contribution in [3.05, 3.63) is 149 Å². The first-order valence-electron chi connectivity index (χ1n) is 15.8. The Hall–Kier alpha value is -6.36. The molecule has 6 aromatic rings. The summed E-state index contributed by atoms with van der Waals surface area (Å²) in [4.78, 5) is 18.3. The topological polar surface area (TPSA) is 90.3 Å². The lowest BCUT2D eigenvalue weighted by molar-refractivity contribution is 0.412. The fourth-order valence-corrected chi connectivity index (χ4v) is 6.23. The summed E-state index contributed by atoms with van der Waals surface area (Å²) in [5.74, 6) is -1.13. The van der Waals surface area contributed by atoms with Gasteiger partial charge in [-0.05, 0) is 71.8 Å². The van der Waals surface area contributed by atoms with Crippen molar-refractivity contribution in [3.8, 4) is 45.5 Å². The van der Waals surface area contributed by atoms with Gasteiger partial charge in [0.25, 0.3) is 0 Å². The highest BCUT2D eigenvalue weighted by Crippen LogP contribution is 2.45. The number of aliphatic imine (C=N–C) groups is 2. The SMILES string of the molecule is COc1cccc(C2=NC(c3nc(-c4cccc(OC)c4)c(-c4c(F)ccc(F)c4F)[nH]3)=NC2(c2cccc(OC)c2)c2cccc(OC)c2)c1. The van der Waals surface area contributed by atoms with Gasteiger partial charge in [0, 0.05) is 11.1 Å². The van der Waals surface area contributed by atoms with E-state index in [0.717, 1.165) is 12.1 Å². The molecule has 0 atom stereocenters. The lowest BCUT2D eigenvalue weighted by atomic mass is 9.77. The number of aromatic amines is 1. The van der Waals surface area contributed by atoms with E-state index < -0.39 is 28.6 Å². The number of rotatable bonds is 10. The van der Waals surface area contributed by atoms with Crippen LogP contribution in [0.5, 0.6) is 23.0 Å². The summed E-state index contributed by atoms with van der Waals surface area (Å²) >= 11 is 0. The largest absolute Gasteiger partial charge is 0.497 e. The number of H-pyrrole nitrogens is 1. The highest BCUT2D eigenvalue weighted by molar-refractivity contribution is 6.22. The molecule has 1 aromatic heterocycles. The second-order valence-corrected chi connectivity index (χ2v) is 11.6. The van der Waals surface area contributed by atoms with Gasteiger partial charge in [-0.1, -0.05) is 48.5 Å². The number of imidazole rings is 1. The molecule has 0 unspecified atom stereocenters. The normalized spacial score (nSPS) is 13.4. The first-order chi connectivity index (χ1) is 24.8. The number of amidine groups is 1. The Kier molecular flexibility index (Phi) is 8.78. The lowest BCUT2D eigenvalue weighted by Gasteiger charge is -2.30. The van der Waals surface area contributed by atoms with Crippen molar-refractivity contribution >= 4 is 11.5 Å². The highest BCUT2D eigenvalue weighted by atomic mass is 19.2. The molecule has 11 heteroatoms. The zero-order valence-electron chi connectivity index (χ0n) is 28.0. The van der Waals surface area contributed by atoms with E-state index in [-0.39, 0.29) is 23.0 Å². The standard InChI is InChI=1S/C40H31F3N4O4/c1-48-27-13-5-9-23(19-27)35-36(33-31(41)17-18-32(42)34(33)43)45-38(44-35)39-46-37(24-10-6-14-28(20-24)49-2)40(47-39,25-11-7-15-29(21-25)50-3)26-12-8-16-30(22-26)51-4/h5-22H,1-4H3,(H,44,45). The molecular formula is C40H31F3N4O4. The summed E-state index contributed by atoms with van der Waals surface area (Å²) in [6.45, 7) is 0. The molecule has 0 fully saturated rings. The van der Waals surface area contributed by atoms with Gasteiger partial charge >= 0.3 is 0 Å². The first-order valence-corrected chi connectivity index (χ1v) is 15.8. The van der Waals surface area contributed by atoms with Crippen molar-refractivity contribution in [2.45, 2.75) is 5.54 Å². The van der Waals surface area contributed by atoms with E-state index in [0.29, 0.717) is 51.0 Å². The summed E-state index contributed by atoms with van der Waals surface area (Å²) in [5, 5.41) is 0. The molecule has 0 aliphatic carbocycles. The van der Waals surface area contributed by atoms with Crippen LogP contribution in [0.4, 0.5) is 13.2 Å². The maximum atomic E-state index is 15.5. The van der Waals surface area contributed by atoms with Crippen molar-refractivity contribution in [2.24, 2.45) is 9.98 Å². The van der Waals surface area contributed by atoms with Crippen LogP contribution in [0.2, 0.25) is 0 Å². The molecule has 256 valence electrons. The zero-order chi connectivity index (χ0) is 35.7. The Labute approximate surface area is 291 Å². The van der Waals surface area contributed by atoms with Crippen molar-refractivity contribution in [3.63, 3.8) is 0 Å². The van der Waals surface area contributed by atoms with Crippen LogP contribution in [0, 0.1) is 17.5 Å². The molecule has 1 aliphatic rings. The molecule has 8 nitrogen and oxygen atoms in total. The van der Waals surface area contributed by atoms with Crippen molar-refractivity contribution < 1.29 is 32.1 Å². The number of hydrogen-bond donors (Lipinski definition) is 1. The smallest absolute Gasteiger partial charge is 0.193 e. The van der Waals surface area contributed by atoms with Crippen LogP contribution in [0.15, 0.2) is 119 Å². The molecule has 0 saturated heterocycles. The van der Waals surface area contributed by atoms with E-state index in [1.807, 2.05) is 72.8 Å². The zero-order valence-corrected chi connectivity index (χ0v) is 28.0. The molecule has 0 amide bonds. The van der Waals surface area contributed by atoms with Gasteiger partial charge < -0.3 is 23.9 Å².